The smallest absolute Gasteiger partial charge is 0.257 e. The highest BCUT2D eigenvalue weighted by molar-refractivity contribution is 6.30. The molecule has 0 aliphatic carbocycles. The van der Waals surface area contributed by atoms with Gasteiger partial charge in [-0.05, 0) is 41.8 Å². The van der Waals surface area contributed by atoms with Crippen LogP contribution in [0.4, 0.5) is 0 Å². The molecule has 0 saturated heterocycles. The predicted octanol–water partition coefficient (Wildman–Crippen LogP) is 3.82. The molecule has 0 N–H and O–H groups in total. The van der Waals surface area contributed by atoms with E-state index in [-0.39, 0.29) is 11.9 Å². The Morgan fingerprint density at radius 3 is 2.72 bits per heavy atom. The van der Waals surface area contributed by atoms with E-state index in [1.807, 2.05) is 33.8 Å². The van der Waals surface area contributed by atoms with Gasteiger partial charge in [0, 0.05) is 18.0 Å². The fourth-order valence-corrected chi connectivity index (χ4v) is 4.13. The van der Waals surface area contributed by atoms with Gasteiger partial charge in [-0.3, -0.25) is 4.79 Å². The summed E-state index contributed by atoms with van der Waals surface area (Å²) in [7, 11) is 0. The van der Waals surface area contributed by atoms with Crippen LogP contribution in [0.2, 0.25) is 5.02 Å². The minimum absolute atomic E-state index is 0.0842. The third-order valence-corrected chi connectivity index (χ3v) is 5.48. The molecule has 1 amide bonds. The van der Waals surface area contributed by atoms with Crippen molar-refractivity contribution in [2.75, 3.05) is 6.54 Å². The van der Waals surface area contributed by atoms with Crippen molar-refractivity contribution < 1.29 is 4.79 Å². The first-order valence-electron chi connectivity index (χ1n) is 8.44. The van der Waals surface area contributed by atoms with Gasteiger partial charge >= 0.3 is 0 Å². The van der Waals surface area contributed by atoms with Gasteiger partial charge in [0.1, 0.15) is 0 Å². The van der Waals surface area contributed by atoms with Crippen molar-refractivity contribution in [2.45, 2.75) is 18.9 Å². The molecular weight excluding hydrogens is 334 g/mol. The molecular formula is C20H16ClN3O. The molecule has 1 aromatic heterocycles. The lowest BCUT2D eigenvalue weighted by molar-refractivity contribution is 0.0629. The molecule has 124 valence electrons. The molecule has 5 heteroatoms. The molecule has 25 heavy (non-hydrogen) atoms. The summed E-state index contributed by atoms with van der Waals surface area (Å²) < 4.78 is 1.87. The van der Waals surface area contributed by atoms with Gasteiger partial charge in [0.05, 0.1) is 29.2 Å². The maximum Gasteiger partial charge on any atom is 0.257 e. The second-order valence-corrected chi connectivity index (χ2v) is 7.00. The number of nitrogens with zero attached hydrogens (tertiary/aromatic N) is 3. The predicted molar refractivity (Wildman–Crippen MR) is 96.2 cm³/mol. The van der Waals surface area contributed by atoms with E-state index in [4.69, 9.17) is 11.6 Å². The van der Waals surface area contributed by atoms with Crippen molar-refractivity contribution in [1.82, 2.24) is 14.7 Å². The summed E-state index contributed by atoms with van der Waals surface area (Å²) in [6, 6.07) is 16.1. The lowest BCUT2D eigenvalue weighted by Gasteiger charge is -2.40. The number of benzene rings is 2. The van der Waals surface area contributed by atoms with Crippen molar-refractivity contribution >= 4 is 17.5 Å². The van der Waals surface area contributed by atoms with E-state index in [2.05, 4.69) is 29.4 Å². The van der Waals surface area contributed by atoms with Crippen LogP contribution in [0.25, 0.3) is 5.69 Å². The Labute approximate surface area is 150 Å². The van der Waals surface area contributed by atoms with Crippen molar-refractivity contribution in [2.24, 2.45) is 0 Å². The Hall–Kier alpha value is -2.59. The van der Waals surface area contributed by atoms with Crippen LogP contribution in [0, 0.1) is 0 Å². The van der Waals surface area contributed by atoms with E-state index >= 15 is 0 Å². The Balaban J connectivity index is 1.62. The summed E-state index contributed by atoms with van der Waals surface area (Å²) in [6.45, 7) is 0.770. The first kappa shape index (κ1) is 14.7. The van der Waals surface area contributed by atoms with Crippen molar-refractivity contribution in [3.05, 3.63) is 82.1 Å². The monoisotopic (exact) mass is 349 g/mol. The second-order valence-electron chi connectivity index (χ2n) is 6.56. The molecule has 0 radical (unpaired) electrons. The number of rotatable bonds is 1. The average molecular weight is 350 g/mol. The topological polar surface area (TPSA) is 38.1 Å². The van der Waals surface area contributed by atoms with E-state index in [0.29, 0.717) is 10.6 Å². The van der Waals surface area contributed by atoms with Crippen LogP contribution < -0.4 is 0 Å². The quantitative estimate of drug-likeness (QED) is 0.669. The number of halogens is 1. The first-order chi connectivity index (χ1) is 12.2. The number of hydrogen-bond donors (Lipinski definition) is 0. The van der Waals surface area contributed by atoms with E-state index in [1.54, 1.807) is 6.20 Å². The Morgan fingerprint density at radius 1 is 1.08 bits per heavy atom. The Bertz CT molecular complexity index is 977. The maximum absolute atomic E-state index is 13.0. The fourth-order valence-electron chi connectivity index (χ4n) is 4.01. The largest absolute Gasteiger partial charge is 0.331 e. The molecule has 4 nitrogen and oxygen atoms in total. The van der Waals surface area contributed by atoms with E-state index < -0.39 is 0 Å². The molecule has 3 heterocycles. The van der Waals surface area contributed by atoms with Gasteiger partial charge in [0.2, 0.25) is 0 Å². The van der Waals surface area contributed by atoms with E-state index in [1.165, 1.54) is 11.1 Å². The Kier molecular flexibility index (Phi) is 3.22. The minimum atomic E-state index is 0.0842. The zero-order valence-corrected chi connectivity index (χ0v) is 14.3. The van der Waals surface area contributed by atoms with Gasteiger partial charge in [-0.25, -0.2) is 4.68 Å². The van der Waals surface area contributed by atoms with E-state index in [9.17, 15) is 4.79 Å². The Morgan fingerprint density at radius 2 is 1.88 bits per heavy atom. The summed E-state index contributed by atoms with van der Waals surface area (Å²) in [5.74, 6) is 0.0842. The molecule has 2 aromatic carbocycles. The van der Waals surface area contributed by atoms with Crippen molar-refractivity contribution in [3.63, 3.8) is 0 Å². The standard InChI is InChI=1S/C20H16ClN3O/c21-14-5-7-15(8-6-14)24-19-11-18-16-4-2-1-3-13(16)9-10-23(18)20(25)17(19)12-22-24/h1-8,12,18H,9-11H2. The number of aromatic nitrogens is 2. The summed E-state index contributed by atoms with van der Waals surface area (Å²) in [6.07, 6.45) is 3.39. The van der Waals surface area contributed by atoms with Crippen LogP contribution in [0.1, 0.15) is 33.2 Å². The van der Waals surface area contributed by atoms with Crippen LogP contribution in [0.3, 0.4) is 0 Å². The number of hydrogen-bond acceptors (Lipinski definition) is 2. The molecule has 2 aliphatic rings. The summed E-state index contributed by atoms with van der Waals surface area (Å²) in [5, 5.41) is 5.18. The maximum atomic E-state index is 13.0. The summed E-state index contributed by atoms with van der Waals surface area (Å²) in [4.78, 5) is 15.0. The van der Waals surface area contributed by atoms with Gasteiger partial charge in [0.25, 0.3) is 5.91 Å². The van der Waals surface area contributed by atoms with Crippen LogP contribution >= 0.6 is 11.6 Å². The zero-order valence-electron chi connectivity index (χ0n) is 13.5. The SMILES string of the molecule is O=C1c2cnn(-c3ccc(Cl)cc3)c2CC2c3ccccc3CCN12. The molecule has 1 atom stereocenters. The zero-order chi connectivity index (χ0) is 17.0. The number of carbonyl (C=O) groups is 1. The third-order valence-electron chi connectivity index (χ3n) is 5.23. The van der Waals surface area contributed by atoms with Gasteiger partial charge in [0.15, 0.2) is 0 Å². The fraction of sp³-hybridized carbons (Fsp3) is 0.200. The van der Waals surface area contributed by atoms with Gasteiger partial charge in [-0.1, -0.05) is 35.9 Å². The second kappa shape index (κ2) is 5.46. The highest BCUT2D eigenvalue weighted by Gasteiger charge is 2.38. The summed E-state index contributed by atoms with van der Waals surface area (Å²) in [5.41, 5.74) is 5.22. The number of fused-ring (bicyclic) bond motifs is 4. The lowest BCUT2D eigenvalue weighted by atomic mass is 9.86. The molecule has 2 aliphatic heterocycles. The number of carbonyl (C=O) groups excluding carboxylic acids is 1. The molecule has 5 rings (SSSR count). The molecule has 1 unspecified atom stereocenters. The van der Waals surface area contributed by atoms with Crippen LogP contribution in [0.15, 0.2) is 54.7 Å². The highest BCUT2D eigenvalue weighted by atomic mass is 35.5. The molecule has 0 fully saturated rings. The van der Waals surface area contributed by atoms with Gasteiger partial charge < -0.3 is 4.90 Å². The lowest BCUT2D eigenvalue weighted by Crippen LogP contribution is -2.44. The molecule has 0 saturated carbocycles. The van der Waals surface area contributed by atoms with Gasteiger partial charge in [-0.15, -0.1) is 0 Å². The number of amides is 1. The highest BCUT2D eigenvalue weighted by Crippen LogP contribution is 2.38. The van der Waals surface area contributed by atoms with Crippen LogP contribution in [-0.4, -0.2) is 27.1 Å². The van der Waals surface area contributed by atoms with Crippen LogP contribution in [-0.2, 0) is 12.8 Å². The first-order valence-corrected chi connectivity index (χ1v) is 8.82. The van der Waals surface area contributed by atoms with Crippen LogP contribution in [0.5, 0.6) is 0 Å². The average Bonchev–Trinajstić information content (AvgIpc) is 3.07. The van der Waals surface area contributed by atoms with Gasteiger partial charge in [-0.2, -0.15) is 5.10 Å². The molecule has 0 bridgehead atoms. The molecule has 0 spiro atoms. The normalized spacial score (nSPS) is 18.5. The van der Waals surface area contributed by atoms with Crippen molar-refractivity contribution in [3.8, 4) is 5.69 Å². The van der Waals surface area contributed by atoms with Crippen molar-refractivity contribution in [1.29, 1.82) is 0 Å². The summed E-state index contributed by atoms with van der Waals surface area (Å²) >= 11 is 6.00. The molecule has 3 aromatic rings. The van der Waals surface area contributed by atoms with E-state index in [0.717, 1.165) is 30.8 Å². The minimum Gasteiger partial charge on any atom is -0.331 e. The third kappa shape index (κ3) is 2.21.